The topological polar surface area (TPSA) is 90.4 Å². The average Bonchev–Trinajstić information content (AvgIpc) is 3.20. The molecule has 5 atom stereocenters. The van der Waals surface area contributed by atoms with Crippen LogP contribution in [0.3, 0.4) is 0 Å². The number of benzene rings is 1. The lowest BCUT2D eigenvalue weighted by Gasteiger charge is -2.38. The van der Waals surface area contributed by atoms with Gasteiger partial charge in [-0.15, -0.1) is 0 Å². The Balaban J connectivity index is 1.58. The first-order valence-electron chi connectivity index (χ1n) is 13.6. The van der Waals surface area contributed by atoms with E-state index in [0.717, 1.165) is 12.8 Å². The van der Waals surface area contributed by atoms with Crippen molar-refractivity contribution in [3.63, 3.8) is 0 Å². The van der Waals surface area contributed by atoms with Crippen LogP contribution in [0.2, 0.25) is 5.02 Å². The van der Waals surface area contributed by atoms with Crippen molar-refractivity contribution in [1.29, 1.82) is 0 Å². The maximum absolute atomic E-state index is 14.4. The van der Waals surface area contributed by atoms with Gasteiger partial charge in [0.25, 0.3) is 5.91 Å². The molecule has 1 unspecified atom stereocenters. The second-order valence-corrected chi connectivity index (χ2v) is 11.2. The van der Waals surface area contributed by atoms with E-state index in [1.807, 2.05) is 31.2 Å². The smallest absolute Gasteiger partial charge is 0.253 e. The molecule has 1 aromatic rings. The van der Waals surface area contributed by atoms with Crippen molar-refractivity contribution in [2.75, 3.05) is 38.2 Å². The quantitative estimate of drug-likeness (QED) is 0.403. The Kier molecular flexibility index (Phi) is 7.42. The highest BCUT2D eigenvalue weighted by Gasteiger charge is 2.75. The molecule has 0 aliphatic carbocycles. The third kappa shape index (κ3) is 4.17. The van der Waals surface area contributed by atoms with E-state index in [1.54, 1.807) is 46.0 Å². The third-order valence-corrected chi connectivity index (χ3v) is 8.84. The van der Waals surface area contributed by atoms with Gasteiger partial charge in [-0.2, -0.15) is 0 Å². The summed E-state index contributed by atoms with van der Waals surface area (Å²) in [6, 6.07) is 6.19. The lowest BCUT2D eigenvalue weighted by molar-refractivity contribution is -0.149. The summed E-state index contributed by atoms with van der Waals surface area (Å²) in [6.45, 7) is 3.25. The summed E-state index contributed by atoms with van der Waals surface area (Å²) in [6.07, 6.45) is 11.2. The van der Waals surface area contributed by atoms with Crippen molar-refractivity contribution in [2.45, 2.75) is 56.3 Å². The number of nitrogens with zero attached hydrogens (tertiary/aromatic N) is 3. The highest BCUT2D eigenvalue weighted by molar-refractivity contribution is 6.30. The van der Waals surface area contributed by atoms with Crippen LogP contribution < -0.4 is 4.90 Å². The van der Waals surface area contributed by atoms with Crippen LogP contribution in [-0.2, 0) is 19.1 Å². The highest BCUT2D eigenvalue weighted by Crippen LogP contribution is 2.58. The summed E-state index contributed by atoms with van der Waals surface area (Å²) in [5.74, 6) is -2.07. The Labute approximate surface area is 228 Å². The number of carbonyl (C=O) groups excluding carboxylic acids is 3. The van der Waals surface area contributed by atoms with Crippen LogP contribution in [0, 0.1) is 11.8 Å². The first-order chi connectivity index (χ1) is 18.3. The molecular formula is C29H36ClN3O5. The summed E-state index contributed by atoms with van der Waals surface area (Å²) >= 11 is 6.11. The number of likely N-dealkylation sites (tertiary alicyclic amines) is 1. The minimum Gasteiger partial charge on any atom is -0.396 e. The standard InChI is InChI=1S/C29H36ClN3O5/c1-3-28-14-8-16-31(2)25(35)22(28)23-26(36)33(17-6-4-5-7-19-34)24-27(37)32(18-9-15-29(23,24)38-28)21-12-10-20(30)11-13-21/h8-15,22-24,34H,3-7,16-19H2,1-2H3/t22-,23+,24?,28+,29+/m1/s1. The number of amides is 3. The fraction of sp³-hybridized carbons (Fsp3) is 0.552. The summed E-state index contributed by atoms with van der Waals surface area (Å²) in [4.78, 5) is 47.4. The molecule has 0 bridgehead atoms. The van der Waals surface area contributed by atoms with Crippen molar-refractivity contribution < 1.29 is 24.2 Å². The van der Waals surface area contributed by atoms with Gasteiger partial charge in [0.2, 0.25) is 11.8 Å². The van der Waals surface area contributed by atoms with Crippen LogP contribution in [0.25, 0.3) is 0 Å². The maximum atomic E-state index is 14.4. The molecule has 0 radical (unpaired) electrons. The molecular weight excluding hydrogens is 506 g/mol. The van der Waals surface area contributed by atoms with Crippen molar-refractivity contribution in [3.05, 3.63) is 53.6 Å². The molecule has 1 N–H and O–H groups in total. The zero-order chi connectivity index (χ0) is 27.1. The Hall–Kier alpha value is -2.68. The van der Waals surface area contributed by atoms with E-state index in [0.29, 0.717) is 49.6 Å². The lowest BCUT2D eigenvalue weighted by Crippen LogP contribution is -2.56. The number of halogens is 1. The van der Waals surface area contributed by atoms with Gasteiger partial charge in [0.1, 0.15) is 11.6 Å². The van der Waals surface area contributed by atoms with Gasteiger partial charge in [-0.1, -0.05) is 55.7 Å². The SMILES string of the molecule is CC[C@]12C=CCN(C)C(=O)[C@H]1[C@H]1C(=O)N(CCCCCCO)C3C(=O)N(c4ccc(Cl)cc4)CC=C[C@@]31O2. The van der Waals surface area contributed by atoms with E-state index in [4.69, 9.17) is 21.4 Å². The minimum atomic E-state index is -1.25. The fourth-order valence-corrected chi connectivity index (χ4v) is 6.85. The molecule has 2 fully saturated rings. The predicted molar refractivity (Wildman–Crippen MR) is 145 cm³/mol. The zero-order valence-electron chi connectivity index (χ0n) is 22.0. The van der Waals surface area contributed by atoms with Gasteiger partial charge in [0, 0.05) is 44.0 Å². The van der Waals surface area contributed by atoms with Crippen LogP contribution in [0.5, 0.6) is 0 Å². The van der Waals surface area contributed by atoms with E-state index in [9.17, 15) is 14.4 Å². The summed E-state index contributed by atoms with van der Waals surface area (Å²) in [5.41, 5.74) is -1.53. The monoisotopic (exact) mass is 541 g/mol. The second-order valence-electron chi connectivity index (χ2n) is 10.7. The molecule has 4 aliphatic heterocycles. The number of rotatable bonds is 8. The molecule has 9 heteroatoms. The summed E-state index contributed by atoms with van der Waals surface area (Å²) in [7, 11) is 1.75. The van der Waals surface area contributed by atoms with E-state index >= 15 is 0 Å². The third-order valence-electron chi connectivity index (χ3n) is 8.59. The fourth-order valence-electron chi connectivity index (χ4n) is 6.72. The Morgan fingerprint density at radius 1 is 0.947 bits per heavy atom. The Morgan fingerprint density at radius 3 is 2.37 bits per heavy atom. The lowest BCUT2D eigenvalue weighted by atomic mass is 9.73. The van der Waals surface area contributed by atoms with Crippen LogP contribution in [0.4, 0.5) is 5.69 Å². The molecule has 5 rings (SSSR count). The summed E-state index contributed by atoms with van der Waals surface area (Å²) < 4.78 is 6.93. The predicted octanol–water partition coefficient (Wildman–Crippen LogP) is 3.18. The number of ether oxygens (including phenoxy) is 1. The van der Waals surface area contributed by atoms with Crippen molar-refractivity contribution in [1.82, 2.24) is 9.80 Å². The van der Waals surface area contributed by atoms with Gasteiger partial charge in [-0.25, -0.2) is 0 Å². The van der Waals surface area contributed by atoms with Crippen LogP contribution >= 0.6 is 11.6 Å². The number of likely N-dealkylation sites (N-methyl/N-ethyl adjacent to an activating group) is 1. The maximum Gasteiger partial charge on any atom is 0.253 e. The molecule has 2 saturated heterocycles. The molecule has 4 heterocycles. The number of hydrogen-bond donors (Lipinski definition) is 1. The minimum absolute atomic E-state index is 0.129. The number of unbranched alkanes of at least 4 members (excludes halogenated alkanes) is 3. The van der Waals surface area contributed by atoms with Gasteiger partial charge in [-0.05, 0) is 43.5 Å². The zero-order valence-corrected chi connectivity index (χ0v) is 22.8. The summed E-state index contributed by atoms with van der Waals surface area (Å²) in [5, 5.41) is 9.71. The van der Waals surface area contributed by atoms with Gasteiger partial charge >= 0.3 is 0 Å². The Bertz CT molecular complexity index is 1150. The first kappa shape index (κ1) is 26.9. The van der Waals surface area contributed by atoms with Crippen LogP contribution in [0.15, 0.2) is 48.6 Å². The van der Waals surface area contributed by atoms with E-state index in [2.05, 4.69) is 0 Å². The van der Waals surface area contributed by atoms with Crippen molar-refractivity contribution in [3.8, 4) is 0 Å². The molecule has 204 valence electrons. The number of carbonyl (C=O) groups is 3. The largest absolute Gasteiger partial charge is 0.396 e. The van der Waals surface area contributed by atoms with Crippen molar-refractivity contribution in [2.24, 2.45) is 11.8 Å². The van der Waals surface area contributed by atoms with Gasteiger partial charge in [-0.3, -0.25) is 14.4 Å². The molecule has 38 heavy (non-hydrogen) atoms. The molecule has 1 aromatic carbocycles. The second kappa shape index (κ2) is 10.5. The number of hydrogen-bond acceptors (Lipinski definition) is 5. The molecule has 0 saturated carbocycles. The van der Waals surface area contributed by atoms with Gasteiger partial charge in [0.05, 0.1) is 17.4 Å². The molecule has 8 nitrogen and oxygen atoms in total. The number of aliphatic hydroxyl groups excluding tert-OH is 1. The van der Waals surface area contributed by atoms with E-state index in [1.165, 1.54) is 0 Å². The Morgan fingerprint density at radius 2 is 1.66 bits per heavy atom. The highest BCUT2D eigenvalue weighted by atomic mass is 35.5. The number of anilines is 1. The molecule has 1 spiro atoms. The first-order valence-corrected chi connectivity index (χ1v) is 14.0. The number of fused-ring (bicyclic) bond motifs is 2. The van der Waals surface area contributed by atoms with Gasteiger partial charge < -0.3 is 24.5 Å². The molecule has 4 aliphatic rings. The molecule has 0 aromatic heterocycles. The number of aliphatic hydroxyl groups is 1. The molecule has 3 amide bonds. The van der Waals surface area contributed by atoms with Crippen molar-refractivity contribution >= 4 is 35.0 Å². The van der Waals surface area contributed by atoms with E-state index in [-0.39, 0.29) is 24.3 Å². The van der Waals surface area contributed by atoms with Crippen LogP contribution in [-0.4, -0.2) is 83.2 Å². The van der Waals surface area contributed by atoms with Gasteiger partial charge in [0.15, 0.2) is 0 Å². The van der Waals surface area contributed by atoms with E-state index < -0.39 is 29.1 Å². The van der Waals surface area contributed by atoms with Crippen LogP contribution in [0.1, 0.15) is 39.0 Å². The normalized spacial score (nSPS) is 32.4. The average molecular weight is 542 g/mol.